The van der Waals surface area contributed by atoms with E-state index in [-0.39, 0.29) is 23.2 Å². The van der Waals surface area contributed by atoms with Crippen molar-refractivity contribution < 1.29 is 9.53 Å². The Morgan fingerprint density at radius 1 is 1.56 bits per heavy atom. The number of carbonyl (C=O) groups is 1. The van der Waals surface area contributed by atoms with Gasteiger partial charge in [0.2, 0.25) is 0 Å². The van der Waals surface area contributed by atoms with Crippen LogP contribution in [-0.2, 0) is 9.53 Å². The molecule has 16 heavy (non-hydrogen) atoms. The lowest BCUT2D eigenvalue weighted by molar-refractivity contribution is -0.150. The minimum absolute atomic E-state index is 0.0329. The summed E-state index contributed by atoms with van der Waals surface area (Å²) in [7, 11) is 0. The Hall–Kier alpha value is -0.690. The van der Waals surface area contributed by atoms with Crippen LogP contribution in [0.1, 0.15) is 40.0 Å². The number of esters is 1. The van der Waals surface area contributed by atoms with Gasteiger partial charge >= 0.3 is 5.97 Å². The molecule has 0 radical (unpaired) electrons. The summed E-state index contributed by atoms with van der Waals surface area (Å²) in [4.78, 5) is 11.4. The van der Waals surface area contributed by atoms with Gasteiger partial charge in [0.05, 0.1) is 0 Å². The summed E-state index contributed by atoms with van der Waals surface area (Å²) in [6.45, 7) is 6.63. The quantitative estimate of drug-likeness (QED) is 0.563. The second-order valence-corrected chi connectivity index (χ2v) is 6.17. The summed E-state index contributed by atoms with van der Waals surface area (Å²) in [6.07, 6.45) is 3.10. The Morgan fingerprint density at radius 3 is 2.81 bits per heavy atom. The molecule has 0 aromatic heterocycles. The van der Waals surface area contributed by atoms with E-state index in [0.717, 1.165) is 24.6 Å². The van der Waals surface area contributed by atoms with E-state index in [9.17, 15) is 4.79 Å². The summed E-state index contributed by atoms with van der Waals surface area (Å²) >= 11 is 0.936. The van der Waals surface area contributed by atoms with Gasteiger partial charge in [0.15, 0.2) is 0 Å². The summed E-state index contributed by atoms with van der Waals surface area (Å²) in [5.74, 6) is 0.480. The molecule has 1 rings (SSSR count). The molecule has 0 spiro atoms. The van der Waals surface area contributed by atoms with Crippen molar-refractivity contribution in [1.82, 2.24) is 0 Å². The molecular formula is C12H19NO2S. The topological polar surface area (TPSA) is 50.1 Å². The summed E-state index contributed by atoms with van der Waals surface area (Å²) < 4.78 is 5.39. The first-order valence-electron chi connectivity index (χ1n) is 5.63. The first kappa shape index (κ1) is 13.4. The van der Waals surface area contributed by atoms with Crippen LogP contribution in [0, 0.1) is 22.0 Å². The zero-order chi connectivity index (χ0) is 12.2. The Labute approximate surface area is 102 Å². The Morgan fingerprint density at radius 2 is 2.25 bits per heavy atom. The molecule has 2 atom stereocenters. The summed E-state index contributed by atoms with van der Waals surface area (Å²) in [5.41, 5.74) is 0.255. The SMILES string of the molecule is C[C@@H]1C[C@@H](OC(=O)CSC#N)CC(C)(C)C1. The van der Waals surface area contributed by atoms with Gasteiger partial charge in [-0.3, -0.25) is 4.79 Å². The third-order valence-electron chi connectivity index (χ3n) is 2.90. The van der Waals surface area contributed by atoms with Crippen LogP contribution in [0.4, 0.5) is 0 Å². The van der Waals surface area contributed by atoms with Gasteiger partial charge in [0.1, 0.15) is 17.3 Å². The van der Waals surface area contributed by atoms with E-state index in [1.54, 1.807) is 0 Å². The number of thioether (sulfide) groups is 1. The van der Waals surface area contributed by atoms with Crippen LogP contribution in [0.25, 0.3) is 0 Å². The largest absolute Gasteiger partial charge is 0.462 e. The summed E-state index contributed by atoms with van der Waals surface area (Å²) in [6, 6.07) is 0. The van der Waals surface area contributed by atoms with Crippen molar-refractivity contribution >= 4 is 17.7 Å². The predicted molar refractivity (Wildman–Crippen MR) is 64.7 cm³/mol. The van der Waals surface area contributed by atoms with Gasteiger partial charge in [-0.1, -0.05) is 20.8 Å². The average molecular weight is 241 g/mol. The lowest BCUT2D eigenvalue weighted by Gasteiger charge is -2.38. The van der Waals surface area contributed by atoms with E-state index in [1.165, 1.54) is 6.42 Å². The van der Waals surface area contributed by atoms with Gasteiger partial charge in [0.25, 0.3) is 0 Å². The molecule has 0 N–H and O–H groups in total. The van der Waals surface area contributed by atoms with E-state index in [1.807, 2.05) is 5.40 Å². The van der Waals surface area contributed by atoms with E-state index in [0.29, 0.717) is 5.92 Å². The molecule has 0 amide bonds. The van der Waals surface area contributed by atoms with E-state index < -0.39 is 0 Å². The van der Waals surface area contributed by atoms with Gasteiger partial charge in [-0.15, -0.1) is 0 Å². The second kappa shape index (κ2) is 5.58. The molecule has 4 heteroatoms. The van der Waals surface area contributed by atoms with Crippen molar-refractivity contribution in [3.8, 4) is 5.40 Å². The maximum atomic E-state index is 11.4. The molecule has 0 unspecified atom stereocenters. The zero-order valence-corrected chi connectivity index (χ0v) is 11.0. The van der Waals surface area contributed by atoms with Crippen molar-refractivity contribution in [3.63, 3.8) is 0 Å². The highest BCUT2D eigenvalue weighted by molar-refractivity contribution is 8.04. The number of rotatable bonds is 3. The fourth-order valence-electron chi connectivity index (χ4n) is 2.66. The first-order chi connectivity index (χ1) is 7.43. The first-order valence-corrected chi connectivity index (χ1v) is 6.62. The fourth-order valence-corrected chi connectivity index (χ4v) is 2.91. The number of hydrogen-bond donors (Lipinski definition) is 0. The molecule has 0 saturated heterocycles. The van der Waals surface area contributed by atoms with Crippen molar-refractivity contribution in [2.75, 3.05) is 5.75 Å². The Kier molecular flexibility index (Phi) is 4.67. The molecule has 3 nitrogen and oxygen atoms in total. The number of nitrogens with zero attached hydrogens (tertiary/aromatic N) is 1. The second-order valence-electron chi connectivity index (χ2n) is 5.41. The predicted octanol–water partition coefficient (Wildman–Crippen LogP) is 2.96. The lowest BCUT2D eigenvalue weighted by Crippen LogP contribution is -2.34. The highest BCUT2D eigenvalue weighted by Gasteiger charge is 2.33. The number of hydrogen-bond acceptors (Lipinski definition) is 4. The van der Waals surface area contributed by atoms with Crippen molar-refractivity contribution in [2.45, 2.75) is 46.1 Å². The normalized spacial score (nSPS) is 28.1. The van der Waals surface area contributed by atoms with Crippen molar-refractivity contribution in [3.05, 3.63) is 0 Å². The molecule has 0 aliphatic heterocycles. The van der Waals surface area contributed by atoms with Gasteiger partial charge in [-0.25, -0.2) is 0 Å². The molecule has 0 aromatic rings. The monoisotopic (exact) mass is 241 g/mol. The van der Waals surface area contributed by atoms with Crippen LogP contribution < -0.4 is 0 Å². The lowest BCUT2D eigenvalue weighted by atomic mass is 9.71. The molecular weight excluding hydrogens is 222 g/mol. The molecule has 0 aromatic carbocycles. The standard InChI is InChI=1S/C12H19NO2S/c1-9-4-10(6-12(2,3)5-9)15-11(14)7-16-8-13/h9-10H,4-7H2,1-3H3/t9-,10-/m1/s1. The Bertz CT molecular complexity index is 296. The minimum Gasteiger partial charge on any atom is -0.462 e. The average Bonchev–Trinajstić information content (AvgIpc) is 2.11. The molecule has 0 heterocycles. The highest BCUT2D eigenvalue weighted by atomic mass is 32.2. The van der Waals surface area contributed by atoms with Gasteiger partial charge < -0.3 is 4.74 Å². The smallest absolute Gasteiger partial charge is 0.317 e. The molecule has 1 aliphatic rings. The highest BCUT2D eigenvalue weighted by Crippen LogP contribution is 2.39. The van der Waals surface area contributed by atoms with Gasteiger partial charge in [0, 0.05) is 0 Å². The minimum atomic E-state index is -0.263. The van der Waals surface area contributed by atoms with Crippen LogP contribution in [0.2, 0.25) is 0 Å². The van der Waals surface area contributed by atoms with Crippen molar-refractivity contribution in [2.24, 2.45) is 11.3 Å². The van der Waals surface area contributed by atoms with Crippen LogP contribution in [0.15, 0.2) is 0 Å². The fraction of sp³-hybridized carbons (Fsp3) is 0.833. The van der Waals surface area contributed by atoms with Gasteiger partial charge in [-0.05, 0) is 42.4 Å². The van der Waals surface area contributed by atoms with Gasteiger partial charge in [-0.2, -0.15) is 5.26 Å². The molecule has 1 aliphatic carbocycles. The Balaban J connectivity index is 2.42. The number of ether oxygens (including phenoxy) is 1. The van der Waals surface area contributed by atoms with E-state index in [2.05, 4.69) is 20.8 Å². The maximum Gasteiger partial charge on any atom is 0.317 e. The molecule has 90 valence electrons. The molecule has 0 bridgehead atoms. The number of nitriles is 1. The summed E-state index contributed by atoms with van der Waals surface area (Å²) in [5, 5.41) is 10.2. The third kappa shape index (κ3) is 4.44. The third-order valence-corrected chi connectivity index (χ3v) is 3.41. The zero-order valence-electron chi connectivity index (χ0n) is 10.2. The van der Waals surface area contributed by atoms with Crippen LogP contribution >= 0.6 is 11.8 Å². The van der Waals surface area contributed by atoms with E-state index in [4.69, 9.17) is 10.00 Å². The molecule has 1 saturated carbocycles. The van der Waals surface area contributed by atoms with Crippen LogP contribution in [0.5, 0.6) is 0 Å². The van der Waals surface area contributed by atoms with Crippen LogP contribution in [-0.4, -0.2) is 17.8 Å². The van der Waals surface area contributed by atoms with Crippen molar-refractivity contribution in [1.29, 1.82) is 5.26 Å². The number of thiocyanates is 1. The number of carbonyl (C=O) groups excluding carboxylic acids is 1. The molecule has 1 fully saturated rings. The van der Waals surface area contributed by atoms with E-state index >= 15 is 0 Å². The maximum absolute atomic E-state index is 11.4. The van der Waals surface area contributed by atoms with Crippen LogP contribution in [0.3, 0.4) is 0 Å².